The first-order valence-corrected chi connectivity index (χ1v) is 5.44. The average Bonchev–Trinajstić information content (AvgIpc) is 2.68. The molecule has 0 amide bonds. The van der Waals surface area contributed by atoms with Gasteiger partial charge in [0.1, 0.15) is 0 Å². The number of ether oxygens (including phenoxy) is 1. The Kier molecular flexibility index (Phi) is 3.41. The molecule has 0 saturated carbocycles. The van der Waals surface area contributed by atoms with Gasteiger partial charge in [0.25, 0.3) is 0 Å². The standard InChI is InChI=1S/C13H17NO/c1-15-11-5-4-9-14-10-8-12-6-2-3-7-13(12)14/h2-3,6-8,10H,4-5,9,11H2,1H3. The topological polar surface area (TPSA) is 14.2 Å². The molecule has 0 atom stereocenters. The summed E-state index contributed by atoms with van der Waals surface area (Å²) in [6.45, 7) is 1.94. The zero-order valence-electron chi connectivity index (χ0n) is 9.15. The molecule has 1 heterocycles. The Bertz CT molecular complexity index is 419. The maximum Gasteiger partial charge on any atom is 0.0480 e. The van der Waals surface area contributed by atoms with E-state index in [9.17, 15) is 0 Å². The average molecular weight is 203 g/mol. The number of fused-ring (bicyclic) bond motifs is 1. The van der Waals surface area contributed by atoms with Crippen LogP contribution in [0.4, 0.5) is 0 Å². The Hall–Kier alpha value is -1.28. The zero-order valence-corrected chi connectivity index (χ0v) is 9.15. The van der Waals surface area contributed by atoms with Crippen molar-refractivity contribution >= 4 is 10.9 Å². The van der Waals surface area contributed by atoms with Gasteiger partial charge in [0.15, 0.2) is 0 Å². The number of hydrogen-bond acceptors (Lipinski definition) is 1. The lowest BCUT2D eigenvalue weighted by atomic mass is 10.2. The summed E-state index contributed by atoms with van der Waals surface area (Å²) in [5, 5.41) is 1.32. The first-order chi connectivity index (χ1) is 7.42. The fraction of sp³-hybridized carbons (Fsp3) is 0.385. The molecular weight excluding hydrogens is 186 g/mol. The quantitative estimate of drug-likeness (QED) is 0.681. The van der Waals surface area contributed by atoms with Crippen molar-refractivity contribution in [3.05, 3.63) is 36.5 Å². The van der Waals surface area contributed by atoms with Crippen molar-refractivity contribution in [2.24, 2.45) is 0 Å². The molecule has 1 aromatic heterocycles. The lowest BCUT2D eigenvalue weighted by Gasteiger charge is -2.04. The maximum absolute atomic E-state index is 5.04. The molecule has 0 aliphatic carbocycles. The van der Waals surface area contributed by atoms with Crippen molar-refractivity contribution in [1.82, 2.24) is 4.57 Å². The summed E-state index contributed by atoms with van der Waals surface area (Å²) in [6.07, 6.45) is 4.47. The van der Waals surface area contributed by atoms with E-state index in [2.05, 4.69) is 41.1 Å². The number of nitrogens with zero attached hydrogens (tertiary/aromatic N) is 1. The zero-order chi connectivity index (χ0) is 10.5. The van der Waals surface area contributed by atoms with Gasteiger partial charge in [0, 0.05) is 32.0 Å². The van der Waals surface area contributed by atoms with Crippen molar-refractivity contribution < 1.29 is 4.74 Å². The highest BCUT2D eigenvalue weighted by Crippen LogP contribution is 2.15. The van der Waals surface area contributed by atoms with E-state index in [1.54, 1.807) is 7.11 Å². The minimum Gasteiger partial charge on any atom is -0.385 e. The molecule has 0 fully saturated rings. The van der Waals surface area contributed by atoms with Gasteiger partial charge in [-0.3, -0.25) is 0 Å². The summed E-state index contributed by atoms with van der Waals surface area (Å²) >= 11 is 0. The fourth-order valence-electron chi connectivity index (χ4n) is 1.86. The van der Waals surface area contributed by atoms with Crippen molar-refractivity contribution in [3.63, 3.8) is 0 Å². The molecule has 0 N–H and O–H groups in total. The van der Waals surface area contributed by atoms with E-state index in [4.69, 9.17) is 4.74 Å². The second-order valence-electron chi connectivity index (χ2n) is 3.77. The summed E-state index contributed by atoms with van der Waals surface area (Å²) in [5.74, 6) is 0. The third-order valence-corrected chi connectivity index (χ3v) is 2.68. The van der Waals surface area contributed by atoms with Gasteiger partial charge in [-0.25, -0.2) is 0 Å². The van der Waals surface area contributed by atoms with Crippen LogP contribution in [0.25, 0.3) is 10.9 Å². The number of unbranched alkanes of at least 4 members (excludes halogenated alkanes) is 1. The van der Waals surface area contributed by atoms with Gasteiger partial charge >= 0.3 is 0 Å². The van der Waals surface area contributed by atoms with Crippen LogP contribution in [0, 0.1) is 0 Å². The van der Waals surface area contributed by atoms with Crippen LogP contribution in [0.2, 0.25) is 0 Å². The van der Waals surface area contributed by atoms with Gasteiger partial charge in [0.05, 0.1) is 0 Å². The van der Waals surface area contributed by atoms with E-state index < -0.39 is 0 Å². The lowest BCUT2D eigenvalue weighted by Crippen LogP contribution is -1.98. The van der Waals surface area contributed by atoms with Gasteiger partial charge in [-0.15, -0.1) is 0 Å². The molecule has 2 aromatic rings. The molecular formula is C13H17NO. The largest absolute Gasteiger partial charge is 0.385 e. The Morgan fingerprint density at radius 1 is 1.13 bits per heavy atom. The van der Waals surface area contributed by atoms with E-state index in [0.29, 0.717) is 0 Å². The Balaban J connectivity index is 2.02. The van der Waals surface area contributed by atoms with Gasteiger partial charge in [-0.1, -0.05) is 18.2 Å². The van der Waals surface area contributed by atoms with Crippen molar-refractivity contribution in [2.75, 3.05) is 13.7 Å². The molecule has 2 nitrogen and oxygen atoms in total. The van der Waals surface area contributed by atoms with Crippen LogP contribution in [-0.4, -0.2) is 18.3 Å². The van der Waals surface area contributed by atoms with Gasteiger partial charge in [-0.2, -0.15) is 0 Å². The number of hydrogen-bond donors (Lipinski definition) is 0. The van der Waals surface area contributed by atoms with Crippen LogP contribution in [0.1, 0.15) is 12.8 Å². The fourth-order valence-corrected chi connectivity index (χ4v) is 1.86. The molecule has 0 aliphatic heterocycles. The number of aryl methyl sites for hydroxylation is 1. The second-order valence-corrected chi connectivity index (χ2v) is 3.77. The molecule has 80 valence electrons. The molecule has 0 bridgehead atoms. The number of methoxy groups -OCH3 is 1. The highest BCUT2D eigenvalue weighted by Gasteiger charge is 1.98. The summed E-state index contributed by atoms with van der Waals surface area (Å²) in [4.78, 5) is 0. The monoisotopic (exact) mass is 203 g/mol. The minimum atomic E-state index is 0.860. The predicted molar refractivity (Wildman–Crippen MR) is 63.0 cm³/mol. The van der Waals surface area contributed by atoms with E-state index >= 15 is 0 Å². The van der Waals surface area contributed by atoms with Crippen molar-refractivity contribution in [2.45, 2.75) is 19.4 Å². The highest BCUT2D eigenvalue weighted by molar-refractivity contribution is 5.79. The van der Waals surface area contributed by atoms with E-state index in [1.165, 1.54) is 17.3 Å². The summed E-state index contributed by atoms with van der Waals surface area (Å²) < 4.78 is 7.35. The summed E-state index contributed by atoms with van der Waals surface area (Å²) in [7, 11) is 1.76. The number of rotatable bonds is 5. The molecule has 0 radical (unpaired) electrons. The third-order valence-electron chi connectivity index (χ3n) is 2.68. The number of benzene rings is 1. The summed E-state index contributed by atoms with van der Waals surface area (Å²) in [6, 6.07) is 10.7. The highest BCUT2D eigenvalue weighted by atomic mass is 16.5. The Morgan fingerprint density at radius 2 is 2.00 bits per heavy atom. The molecule has 2 heteroatoms. The Labute approximate surface area is 90.5 Å². The van der Waals surface area contributed by atoms with Crippen molar-refractivity contribution in [1.29, 1.82) is 0 Å². The molecule has 15 heavy (non-hydrogen) atoms. The Morgan fingerprint density at radius 3 is 2.87 bits per heavy atom. The van der Waals surface area contributed by atoms with Crippen molar-refractivity contribution in [3.8, 4) is 0 Å². The third kappa shape index (κ3) is 2.39. The van der Waals surface area contributed by atoms with Crippen LogP contribution in [0.3, 0.4) is 0 Å². The van der Waals surface area contributed by atoms with Gasteiger partial charge in [0.2, 0.25) is 0 Å². The maximum atomic E-state index is 5.04. The minimum absolute atomic E-state index is 0.860. The number of aromatic nitrogens is 1. The van der Waals surface area contributed by atoms with Crippen LogP contribution in [-0.2, 0) is 11.3 Å². The van der Waals surface area contributed by atoms with E-state index in [-0.39, 0.29) is 0 Å². The molecule has 2 rings (SSSR count). The van der Waals surface area contributed by atoms with E-state index in [1.807, 2.05) is 0 Å². The summed E-state index contributed by atoms with van der Waals surface area (Å²) in [5.41, 5.74) is 1.33. The second kappa shape index (κ2) is 4.99. The van der Waals surface area contributed by atoms with Crippen LogP contribution < -0.4 is 0 Å². The molecule has 0 aliphatic rings. The van der Waals surface area contributed by atoms with E-state index in [0.717, 1.165) is 19.6 Å². The number of para-hydroxylation sites is 1. The molecule has 0 spiro atoms. The first kappa shape index (κ1) is 10.2. The normalized spacial score (nSPS) is 11.0. The molecule has 0 saturated heterocycles. The van der Waals surface area contributed by atoms with Gasteiger partial charge in [-0.05, 0) is 30.4 Å². The molecule has 0 unspecified atom stereocenters. The first-order valence-electron chi connectivity index (χ1n) is 5.44. The van der Waals surface area contributed by atoms with Crippen LogP contribution in [0.15, 0.2) is 36.5 Å². The smallest absolute Gasteiger partial charge is 0.0480 e. The lowest BCUT2D eigenvalue weighted by molar-refractivity contribution is 0.191. The SMILES string of the molecule is COCCCCn1ccc2ccccc21. The molecule has 1 aromatic carbocycles. The van der Waals surface area contributed by atoms with Crippen LogP contribution in [0.5, 0.6) is 0 Å². The van der Waals surface area contributed by atoms with Gasteiger partial charge < -0.3 is 9.30 Å². The predicted octanol–water partition coefficient (Wildman–Crippen LogP) is 3.07. The van der Waals surface area contributed by atoms with Crippen LogP contribution >= 0.6 is 0 Å².